The zero-order chi connectivity index (χ0) is 13.2. The van der Waals surface area contributed by atoms with Crippen LogP contribution in [0, 0.1) is 0 Å². The highest BCUT2D eigenvalue weighted by molar-refractivity contribution is 7.09. The largest absolute Gasteiger partial charge is 0.416 e. The van der Waals surface area contributed by atoms with E-state index in [0.29, 0.717) is 0 Å². The highest BCUT2D eigenvalue weighted by Crippen LogP contribution is 2.35. The molecule has 0 radical (unpaired) electrons. The Hall–Kier alpha value is -1.40. The summed E-state index contributed by atoms with van der Waals surface area (Å²) in [5.41, 5.74) is 0.693. The Morgan fingerprint density at radius 2 is 2.00 bits per heavy atom. The smallest absolute Gasteiger partial charge is 0.388 e. The van der Waals surface area contributed by atoms with Crippen LogP contribution in [0.3, 0.4) is 0 Å². The summed E-state index contributed by atoms with van der Waals surface area (Å²) >= 11 is 1.31. The van der Waals surface area contributed by atoms with Gasteiger partial charge in [0.2, 0.25) is 0 Å². The third-order valence-electron chi connectivity index (χ3n) is 2.50. The minimum atomic E-state index is -4.45. The molecule has 1 aromatic heterocycles. The second-order valence-electron chi connectivity index (χ2n) is 3.77. The average molecular weight is 273 g/mol. The first-order valence-corrected chi connectivity index (χ1v) is 6.08. The van der Waals surface area contributed by atoms with E-state index in [4.69, 9.17) is 0 Å². The maximum Gasteiger partial charge on any atom is 0.416 e. The molecule has 0 fully saturated rings. The Morgan fingerprint density at radius 1 is 1.28 bits per heavy atom. The van der Waals surface area contributed by atoms with Gasteiger partial charge in [0.1, 0.15) is 0 Å². The average Bonchev–Trinajstić information content (AvgIpc) is 2.80. The predicted octanol–water partition coefficient (Wildman–Crippen LogP) is 3.44. The number of alkyl halides is 3. The van der Waals surface area contributed by atoms with E-state index >= 15 is 0 Å². The van der Waals surface area contributed by atoms with Crippen LogP contribution in [-0.4, -0.2) is 10.1 Å². The van der Waals surface area contributed by atoms with Crippen molar-refractivity contribution in [3.8, 4) is 0 Å². The number of benzene rings is 1. The summed E-state index contributed by atoms with van der Waals surface area (Å²) in [6.07, 6.45) is -3.95. The maximum absolute atomic E-state index is 12.8. The van der Waals surface area contributed by atoms with Crippen LogP contribution in [0.15, 0.2) is 36.0 Å². The van der Waals surface area contributed by atoms with Crippen molar-refractivity contribution in [3.05, 3.63) is 52.0 Å². The molecule has 1 N–H and O–H groups in total. The number of aliphatic hydroxyl groups is 1. The summed E-state index contributed by atoms with van der Waals surface area (Å²) < 4.78 is 38.3. The molecule has 2 nitrogen and oxygen atoms in total. The number of thiazole rings is 1. The molecule has 0 saturated carbocycles. The molecule has 0 spiro atoms. The first-order chi connectivity index (χ1) is 8.48. The molecule has 6 heteroatoms. The van der Waals surface area contributed by atoms with Gasteiger partial charge in [0.05, 0.1) is 17.2 Å². The van der Waals surface area contributed by atoms with E-state index in [1.54, 1.807) is 11.7 Å². The zero-order valence-corrected chi connectivity index (χ0v) is 10.0. The van der Waals surface area contributed by atoms with Crippen molar-refractivity contribution < 1.29 is 18.3 Å². The highest BCUT2D eigenvalue weighted by atomic mass is 32.1. The molecule has 1 unspecified atom stereocenters. The lowest BCUT2D eigenvalue weighted by Gasteiger charge is -2.16. The molecular weight excluding hydrogens is 263 g/mol. The molecule has 18 heavy (non-hydrogen) atoms. The van der Waals surface area contributed by atoms with Crippen LogP contribution in [-0.2, 0) is 12.6 Å². The molecule has 1 atom stereocenters. The molecule has 0 saturated heterocycles. The maximum atomic E-state index is 12.8. The first-order valence-electron chi connectivity index (χ1n) is 5.20. The van der Waals surface area contributed by atoms with E-state index in [9.17, 15) is 18.3 Å². The third kappa shape index (κ3) is 2.88. The van der Waals surface area contributed by atoms with Crippen LogP contribution >= 0.6 is 11.3 Å². The molecule has 0 aliphatic rings. The topological polar surface area (TPSA) is 33.1 Å². The van der Waals surface area contributed by atoms with Gasteiger partial charge in [-0.2, -0.15) is 13.2 Å². The molecule has 2 rings (SSSR count). The van der Waals surface area contributed by atoms with Crippen molar-refractivity contribution in [3.63, 3.8) is 0 Å². The van der Waals surface area contributed by atoms with E-state index in [2.05, 4.69) is 4.98 Å². The summed E-state index contributed by atoms with van der Waals surface area (Å²) in [5.74, 6) is 0. The van der Waals surface area contributed by atoms with Crippen LogP contribution in [0.2, 0.25) is 0 Å². The predicted molar refractivity (Wildman–Crippen MR) is 62.2 cm³/mol. The minimum absolute atomic E-state index is 0.0987. The summed E-state index contributed by atoms with van der Waals surface area (Å²) in [4.78, 5) is 4.57. The van der Waals surface area contributed by atoms with Crippen molar-refractivity contribution >= 4 is 11.3 Å². The number of aromatic nitrogens is 1. The number of hydrogen-bond acceptors (Lipinski definition) is 3. The fraction of sp³-hybridized carbons (Fsp3) is 0.250. The second kappa shape index (κ2) is 5.07. The Balaban J connectivity index is 2.27. The Morgan fingerprint density at radius 3 is 2.61 bits per heavy atom. The Bertz CT molecular complexity index is 510. The zero-order valence-electron chi connectivity index (χ0n) is 9.19. The summed E-state index contributed by atoms with van der Waals surface area (Å²) in [6.45, 7) is 0. The monoisotopic (exact) mass is 273 g/mol. The quantitative estimate of drug-likeness (QED) is 0.929. The van der Waals surface area contributed by atoms with E-state index in [-0.39, 0.29) is 12.0 Å². The van der Waals surface area contributed by atoms with Gasteiger partial charge in [0.15, 0.2) is 0 Å². The lowest BCUT2D eigenvalue weighted by Crippen LogP contribution is -2.12. The summed E-state index contributed by atoms with van der Waals surface area (Å²) in [7, 11) is 0. The van der Waals surface area contributed by atoms with Gasteiger partial charge < -0.3 is 5.11 Å². The van der Waals surface area contributed by atoms with Crippen molar-refractivity contribution in [2.24, 2.45) is 0 Å². The van der Waals surface area contributed by atoms with Gasteiger partial charge >= 0.3 is 6.18 Å². The molecule has 0 aliphatic heterocycles. The van der Waals surface area contributed by atoms with Crippen LogP contribution in [0.25, 0.3) is 0 Å². The molecule has 0 amide bonds. The van der Waals surface area contributed by atoms with E-state index in [1.165, 1.54) is 29.5 Å². The number of hydrogen-bond donors (Lipinski definition) is 1. The number of aliphatic hydroxyl groups excluding tert-OH is 1. The number of nitrogens with zero attached hydrogens (tertiary/aromatic N) is 1. The van der Waals surface area contributed by atoms with Gasteiger partial charge in [-0.1, -0.05) is 18.2 Å². The van der Waals surface area contributed by atoms with E-state index in [0.717, 1.165) is 10.9 Å². The van der Waals surface area contributed by atoms with Gasteiger partial charge in [0, 0.05) is 17.5 Å². The second-order valence-corrected chi connectivity index (χ2v) is 4.74. The molecule has 0 bridgehead atoms. The third-order valence-corrected chi connectivity index (χ3v) is 3.31. The normalized spacial score (nSPS) is 13.6. The van der Waals surface area contributed by atoms with Crippen LogP contribution in [0.4, 0.5) is 13.2 Å². The number of halogens is 3. The molecule has 1 heterocycles. The van der Waals surface area contributed by atoms with Gasteiger partial charge in [-0.15, -0.1) is 11.3 Å². The van der Waals surface area contributed by atoms with Crippen LogP contribution < -0.4 is 0 Å². The SMILES string of the molecule is OC(Cc1cncs1)c1ccccc1C(F)(F)F. The molecule has 96 valence electrons. The number of rotatable bonds is 3. The molecule has 0 aliphatic carbocycles. The van der Waals surface area contributed by atoms with Crippen LogP contribution in [0.1, 0.15) is 22.1 Å². The van der Waals surface area contributed by atoms with Crippen LogP contribution in [0.5, 0.6) is 0 Å². The van der Waals surface area contributed by atoms with Crippen molar-refractivity contribution in [1.29, 1.82) is 0 Å². The Kier molecular flexibility index (Phi) is 3.68. The van der Waals surface area contributed by atoms with Crippen molar-refractivity contribution in [2.45, 2.75) is 18.7 Å². The molecular formula is C12H10F3NOS. The highest BCUT2D eigenvalue weighted by Gasteiger charge is 2.34. The van der Waals surface area contributed by atoms with E-state index in [1.807, 2.05) is 0 Å². The fourth-order valence-electron chi connectivity index (χ4n) is 1.69. The fourth-order valence-corrected chi connectivity index (χ4v) is 2.32. The summed E-state index contributed by atoms with van der Waals surface area (Å²) in [6, 6.07) is 5.08. The van der Waals surface area contributed by atoms with Crippen molar-refractivity contribution in [2.75, 3.05) is 0 Å². The van der Waals surface area contributed by atoms with E-state index < -0.39 is 17.8 Å². The standard InChI is InChI=1S/C12H10F3NOS/c13-12(14,15)10-4-2-1-3-9(10)11(17)5-8-6-16-7-18-8/h1-4,6-7,11,17H,5H2. The lowest BCUT2D eigenvalue weighted by atomic mass is 9.99. The van der Waals surface area contributed by atoms with Gasteiger partial charge in [-0.25, -0.2) is 0 Å². The van der Waals surface area contributed by atoms with Crippen molar-refractivity contribution in [1.82, 2.24) is 4.98 Å². The van der Waals surface area contributed by atoms with Gasteiger partial charge in [-0.3, -0.25) is 4.98 Å². The minimum Gasteiger partial charge on any atom is -0.388 e. The van der Waals surface area contributed by atoms with Gasteiger partial charge in [-0.05, 0) is 11.6 Å². The summed E-state index contributed by atoms with van der Waals surface area (Å²) in [5, 5.41) is 9.92. The molecule has 2 aromatic rings. The van der Waals surface area contributed by atoms with Gasteiger partial charge in [0.25, 0.3) is 0 Å². The first kappa shape index (κ1) is 13.0. The molecule has 1 aromatic carbocycles. The lowest BCUT2D eigenvalue weighted by molar-refractivity contribution is -0.139. The Labute approximate surface area is 106 Å².